The van der Waals surface area contributed by atoms with Crippen LogP contribution in [0.4, 0.5) is 0 Å². The van der Waals surface area contributed by atoms with Crippen LogP contribution in [0.3, 0.4) is 0 Å². The van der Waals surface area contributed by atoms with Crippen LogP contribution in [-0.4, -0.2) is 37.7 Å². The molecule has 1 heterocycles. The van der Waals surface area contributed by atoms with Gasteiger partial charge >= 0.3 is 0 Å². The van der Waals surface area contributed by atoms with E-state index in [2.05, 4.69) is 43.1 Å². The van der Waals surface area contributed by atoms with E-state index in [-0.39, 0.29) is 6.04 Å². The summed E-state index contributed by atoms with van der Waals surface area (Å²) in [5, 5.41) is 0. The Morgan fingerprint density at radius 2 is 2.05 bits per heavy atom. The highest BCUT2D eigenvalue weighted by Crippen LogP contribution is 2.16. The number of likely N-dealkylation sites (N-methyl/N-ethyl adjacent to an activating group) is 1. The smallest absolute Gasteiger partial charge is 0.0701 e. The fraction of sp³-hybridized carbons (Fsp3) is 0.647. The Morgan fingerprint density at radius 3 is 2.70 bits per heavy atom. The van der Waals surface area contributed by atoms with Crippen molar-refractivity contribution in [1.82, 2.24) is 4.90 Å². The Morgan fingerprint density at radius 1 is 1.30 bits per heavy atom. The summed E-state index contributed by atoms with van der Waals surface area (Å²) in [4.78, 5) is 2.35. The highest BCUT2D eigenvalue weighted by molar-refractivity contribution is 5.23. The van der Waals surface area contributed by atoms with Gasteiger partial charge in [-0.3, -0.25) is 0 Å². The average Bonchev–Trinajstić information content (AvgIpc) is 2.46. The molecule has 0 aliphatic carbocycles. The molecule has 1 saturated heterocycles. The molecule has 3 heteroatoms. The predicted molar refractivity (Wildman–Crippen MR) is 83.8 cm³/mol. The van der Waals surface area contributed by atoms with E-state index in [1.807, 2.05) is 0 Å². The van der Waals surface area contributed by atoms with E-state index in [0.29, 0.717) is 6.10 Å². The minimum atomic E-state index is 0.130. The van der Waals surface area contributed by atoms with Crippen LogP contribution in [0, 0.1) is 6.92 Å². The lowest BCUT2D eigenvalue weighted by Crippen LogP contribution is -2.34. The quantitative estimate of drug-likeness (QED) is 0.868. The van der Waals surface area contributed by atoms with Gasteiger partial charge in [0, 0.05) is 19.2 Å². The Labute approximate surface area is 123 Å². The van der Waals surface area contributed by atoms with Crippen LogP contribution in [0.1, 0.15) is 42.9 Å². The van der Waals surface area contributed by atoms with Gasteiger partial charge in [0.25, 0.3) is 0 Å². The second-order valence-corrected chi connectivity index (χ2v) is 6.06. The van der Waals surface area contributed by atoms with E-state index in [1.54, 1.807) is 0 Å². The molecular weight excluding hydrogens is 248 g/mol. The average molecular weight is 276 g/mol. The van der Waals surface area contributed by atoms with Crippen molar-refractivity contribution in [2.45, 2.75) is 44.8 Å². The van der Waals surface area contributed by atoms with E-state index < -0.39 is 0 Å². The van der Waals surface area contributed by atoms with E-state index in [0.717, 1.165) is 26.1 Å². The monoisotopic (exact) mass is 276 g/mol. The zero-order valence-corrected chi connectivity index (χ0v) is 12.8. The number of nitrogens with zero attached hydrogens (tertiary/aromatic N) is 1. The van der Waals surface area contributed by atoms with Gasteiger partial charge in [-0.2, -0.15) is 0 Å². The fourth-order valence-corrected chi connectivity index (χ4v) is 2.73. The van der Waals surface area contributed by atoms with Crippen molar-refractivity contribution in [1.29, 1.82) is 0 Å². The highest BCUT2D eigenvalue weighted by atomic mass is 16.5. The molecule has 2 atom stereocenters. The van der Waals surface area contributed by atoms with Crippen molar-refractivity contribution < 1.29 is 4.74 Å². The highest BCUT2D eigenvalue weighted by Gasteiger charge is 2.16. The lowest BCUT2D eigenvalue weighted by Gasteiger charge is -2.28. The second kappa shape index (κ2) is 7.77. The molecule has 1 aliphatic heterocycles. The zero-order valence-electron chi connectivity index (χ0n) is 12.8. The standard InChI is InChI=1S/C17H28N2O/c1-14-6-8-15(9-7-14)17(18)10-11-19(2)13-16-5-3-4-12-20-16/h6-9,16-17H,3-5,10-13,18H2,1-2H3. The molecule has 2 rings (SSSR count). The third-order valence-electron chi connectivity index (χ3n) is 4.12. The summed E-state index contributed by atoms with van der Waals surface area (Å²) in [5.41, 5.74) is 8.79. The van der Waals surface area contributed by atoms with Gasteiger partial charge in [0.05, 0.1) is 6.10 Å². The Kier molecular flexibility index (Phi) is 6.02. The van der Waals surface area contributed by atoms with Crippen molar-refractivity contribution in [3.63, 3.8) is 0 Å². The van der Waals surface area contributed by atoms with Gasteiger partial charge in [-0.1, -0.05) is 29.8 Å². The SMILES string of the molecule is Cc1ccc(C(N)CCN(C)CC2CCCCO2)cc1. The summed E-state index contributed by atoms with van der Waals surface area (Å²) in [6, 6.07) is 8.68. The molecule has 2 N–H and O–H groups in total. The Hall–Kier alpha value is -0.900. The molecule has 3 nitrogen and oxygen atoms in total. The van der Waals surface area contributed by atoms with E-state index in [9.17, 15) is 0 Å². The first-order valence-electron chi connectivity index (χ1n) is 7.77. The van der Waals surface area contributed by atoms with Gasteiger partial charge in [0.1, 0.15) is 0 Å². The van der Waals surface area contributed by atoms with Crippen LogP contribution >= 0.6 is 0 Å². The number of nitrogens with two attached hydrogens (primary N) is 1. The molecule has 1 aromatic rings. The predicted octanol–water partition coefficient (Wildman–Crippen LogP) is 2.89. The van der Waals surface area contributed by atoms with Crippen molar-refractivity contribution in [2.75, 3.05) is 26.7 Å². The summed E-state index contributed by atoms with van der Waals surface area (Å²) in [6.07, 6.45) is 5.14. The summed E-state index contributed by atoms with van der Waals surface area (Å²) >= 11 is 0. The molecule has 1 fully saturated rings. The summed E-state index contributed by atoms with van der Waals surface area (Å²) < 4.78 is 5.78. The van der Waals surface area contributed by atoms with Crippen LogP contribution in [0.25, 0.3) is 0 Å². The van der Waals surface area contributed by atoms with Gasteiger partial charge in [0.15, 0.2) is 0 Å². The largest absolute Gasteiger partial charge is 0.377 e. The number of hydrogen-bond acceptors (Lipinski definition) is 3. The van der Waals surface area contributed by atoms with E-state index in [1.165, 1.54) is 30.4 Å². The second-order valence-electron chi connectivity index (χ2n) is 6.06. The number of aryl methyl sites for hydroxylation is 1. The molecule has 2 unspecified atom stereocenters. The van der Waals surface area contributed by atoms with Gasteiger partial charge in [-0.05, 0) is 51.8 Å². The minimum absolute atomic E-state index is 0.130. The molecule has 1 aromatic carbocycles. The van der Waals surface area contributed by atoms with Gasteiger partial charge in [0.2, 0.25) is 0 Å². The molecule has 0 saturated carbocycles. The van der Waals surface area contributed by atoms with Gasteiger partial charge in [-0.25, -0.2) is 0 Å². The molecule has 112 valence electrons. The minimum Gasteiger partial charge on any atom is -0.377 e. The molecule has 0 bridgehead atoms. The lowest BCUT2D eigenvalue weighted by molar-refractivity contribution is -0.00175. The molecule has 0 aromatic heterocycles. The van der Waals surface area contributed by atoms with Crippen LogP contribution in [0.5, 0.6) is 0 Å². The maximum Gasteiger partial charge on any atom is 0.0701 e. The van der Waals surface area contributed by atoms with E-state index >= 15 is 0 Å². The number of rotatable bonds is 6. The first kappa shape index (κ1) is 15.5. The zero-order chi connectivity index (χ0) is 14.4. The molecule has 0 spiro atoms. The topological polar surface area (TPSA) is 38.5 Å². The number of hydrogen-bond donors (Lipinski definition) is 1. The fourth-order valence-electron chi connectivity index (χ4n) is 2.73. The maximum absolute atomic E-state index is 6.27. The van der Waals surface area contributed by atoms with Crippen LogP contribution < -0.4 is 5.73 Å². The summed E-state index contributed by atoms with van der Waals surface area (Å²) in [6.45, 7) is 5.09. The van der Waals surface area contributed by atoms with Crippen molar-refractivity contribution in [3.8, 4) is 0 Å². The number of ether oxygens (including phenoxy) is 1. The third kappa shape index (κ3) is 4.89. The van der Waals surface area contributed by atoms with Crippen LogP contribution in [0.2, 0.25) is 0 Å². The molecular formula is C17H28N2O. The van der Waals surface area contributed by atoms with Crippen LogP contribution in [0.15, 0.2) is 24.3 Å². The van der Waals surface area contributed by atoms with Gasteiger partial charge < -0.3 is 15.4 Å². The molecule has 0 amide bonds. The van der Waals surface area contributed by atoms with Crippen LogP contribution in [-0.2, 0) is 4.74 Å². The Bertz CT molecular complexity index is 384. The third-order valence-corrected chi connectivity index (χ3v) is 4.12. The summed E-state index contributed by atoms with van der Waals surface area (Å²) in [7, 11) is 2.17. The molecule has 1 aliphatic rings. The van der Waals surface area contributed by atoms with Crippen molar-refractivity contribution in [2.24, 2.45) is 5.73 Å². The molecule has 20 heavy (non-hydrogen) atoms. The van der Waals surface area contributed by atoms with Gasteiger partial charge in [-0.15, -0.1) is 0 Å². The number of benzene rings is 1. The first-order valence-corrected chi connectivity index (χ1v) is 7.77. The lowest BCUT2D eigenvalue weighted by atomic mass is 10.0. The Balaban J connectivity index is 1.71. The van der Waals surface area contributed by atoms with E-state index in [4.69, 9.17) is 10.5 Å². The summed E-state index contributed by atoms with van der Waals surface area (Å²) in [5.74, 6) is 0. The first-order chi connectivity index (χ1) is 9.65. The molecule has 0 radical (unpaired) electrons. The normalized spacial score (nSPS) is 21.1. The van der Waals surface area contributed by atoms with Crippen molar-refractivity contribution in [3.05, 3.63) is 35.4 Å². The maximum atomic E-state index is 6.27. The van der Waals surface area contributed by atoms with Crippen molar-refractivity contribution >= 4 is 0 Å².